The van der Waals surface area contributed by atoms with Crippen molar-refractivity contribution in [3.8, 4) is 0 Å². The zero-order valence-electron chi connectivity index (χ0n) is 14.6. The van der Waals surface area contributed by atoms with Crippen LogP contribution in [0.5, 0.6) is 0 Å². The van der Waals surface area contributed by atoms with Crippen molar-refractivity contribution in [2.75, 3.05) is 19.6 Å². The molecule has 1 aromatic carbocycles. The molecule has 2 atom stereocenters. The third kappa shape index (κ3) is 2.91. The first-order valence-corrected chi connectivity index (χ1v) is 9.37. The molecule has 2 aliphatic rings. The predicted molar refractivity (Wildman–Crippen MR) is 101 cm³/mol. The number of aliphatic hydroxyl groups is 1. The van der Waals surface area contributed by atoms with Crippen molar-refractivity contribution < 1.29 is 14.7 Å². The zero-order chi connectivity index (χ0) is 19.2. The molecule has 142 valence electrons. The van der Waals surface area contributed by atoms with Gasteiger partial charge < -0.3 is 20.3 Å². The number of nitrogens with one attached hydrogen (secondary N) is 2. The fourth-order valence-electron chi connectivity index (χ4n) is 4.14. The predicted octanol–water partition coefficient (Wildman–Crippen LogP) is 1.28. The number of carbonyl (C=O) groups is 2. The van der Waals surface area contributed by atoms with Gasteiger partial charge in [0.25, 0.3) is 5.91 Å². The highest BCUT2D eigenvalue weighted by Gasteiger charge is 2.50. The van der Waals surface area contributed by atoms with Gasteiger partial charge in [-0.2, -0.15) is 0 Å². The first kappa shape index (κ1) is 18.0. The smallest absolute Gasteiger partial charge is 0.259 e. The maximum absolute atomic E-state index is 13.0. The summed E-state index contributed by atoms with van der Waals surface area (Å²) in [4.78, 5) is 42.7. The lowest BCUT2D eigenvalue weighted by Crippen LogP contribution is -2.62. The Bertz CT molecular complexity index is 989. The van der Waals surface area contributed by atoms with Crippen LogP contribution in [0, 0.1) is 5.41 Å². The Morgan fingerprint density at radius 1 is 1.33 bits per heavy atom. The van der Waals surface area contributed by atoms with Gasteiger partial charge in [-0.1, -0.05) is 11.6 Å². The number of nitrogens with zero attached hydrogens (tertiary/aromatic N) is 1. The van der Waals surface area contributed by atoms with Crippen LogP contribution >= 0.6 is 11.6 Å². The van der Waals surface area contributed by atoms with Crippen LogP contribution in [0.2, 0.25) is 5.02 Å². The van der Waals surface area contributed by atoms with Crippen LogP contribution in [0.3, 0.4) is 0 Å². The van der Waals surface area contributed by atoms with Crippen LogP contribution in [0.1, 0.15) is 29.6 Å². The van der Waals surface area contributed by atoms with Crippen LogP contribution in [0.4, 0.5) is 0 Å². The molecule has 1 aromatic heterocycles. The first-order chi connectivity index (χ1) is 12.9. The molecule has 4 rings (SSSR count). The molecule has 2 saturated heterocycles. The van der Waals surface area contributed by atoms with Gasteiger partial charge in [0.1, 0.15) is 5.56 Å². The third-order valence-electron chi connectivity index (χ3n) is 5.68. The van der Waals surface area contributed by atoms with Crippen molar-refractivity contribution in [2.45, 2.75) is 25.4 Å². The Hall–Kier alpha value is -2.38. The molecular formula is C19H20ClN3O4. The molecule has 0 bridgehead atoms. The van der Waals surface area contributed by atoms with Gasteiger partial charge in [-0.05, 0) is 37.5 Å². The summed E-state index contributed by atoms with van der Waals surface area (Å²) in [7, 11) is 0. The Morgan fingerprint density at radius 2 is 2.15 bits per heavy atom. The van der Waals surface area contributed by atoms with E-state index in [2.05, 4.69) is 10.3 Å². The van der Waals surface area contributed by atoms with Crippen LogP contribution in [0.15, 0.2) is 29.2 Å². The van der Waals surface area contributed by atoms with Crippen LogP contribution < -0.4 is 10.7 Å². The summed E-state index contributed by atoms with van der Waals surface area (Å²) in [6.45, 7) is 0.984. The van der Waals surface area contributed by atoms with Gasteiger partial charge in [-0.3, -0.25) is 14.4 Å². The number of amides is 2. The number of aromatic amines is 1. The van der Waals surface area contributed by atoms with E-state index in [9.17, 15) is 19.5 Å². The van der Waals surface area contributed by atoms with E-state index in [1.807, 2.05) is 0 Å². The zero-order valence-corrected chi connectivity index (χ0v) is 15.4. The van der Waals surface area contributed by atoms with Crippen molar-refractivity contribution in [1.82, 2.24) is 15.2 Å². The van der Waals surface area contributed by atoms with Crippen molar-refractivity contribution in [1.29, 1.82) is 0 Å². The van der Waals surface area contributed by atoms with Gasteiger partial charge in [-0.15, -0.1) is 0 Å². The lowest BCUT2D eigenvalue weighted by Gasteiger charge is -2.46. The number of fused-ring (bicyclic) bond motifs is 1. The number of H-pyrrole nitrogens is 1. The van der Waals surface area contributed by atoms with E-state index in [1.165, 1.54) is 11.1 Å². The second-order valence-electron chi connectivity index (χ2n) is 7.27. The number of hydrogen-bond acceptors (Lipinski definition) is 4. The quantitative estimate of drug-likeness (QED) is 0.683. The highest BCUT2D eigenvalue weighted by molar-refractivity contribution is 6.31. The fraction of sp³-hybridized carbons (Fsp3) is 0.421. The minimum absolute atomic E-state index is 0.0209. The molecule has 0 saturated carbocycles. The Kier molecular flexibility index (Phi) is 4.44. The SMILES string of the molecule is O=C(c1c[nH]c2cc(Cl)ccc2c1=O)N1CC[C@@H](O)[C@@]2(CCCNC2=O)C1. The van der Waals surface area contributed by atoms with Gasteiger partial charge in [0.2, 0.25) is 11.3 Å². The molecule has 2 aliphatic heterocycles. The average molecular weight is 390 g/mol. The Balaban J connectivity index is 1.68. The molecule has 1 spiro atoms. The second-order valence-corrected chi connectivity index (χ2v) is 7.70. The summed E-state index contributed by atoms with van der Waals surface area (Å²) >= 11 is 5.95. The molecule has 2 aromatic rings. The largest absolute Gasteiger partial charge is 0.392 e. The lowest BCUT2D eigenvalue weighted by atomic mass is 9.71. The number of hydrogen-bond donors (Lipinski definition) is 3. The summed E-state index contributed by atoms with van der Waals surface area (Å²) in [6.07, 6.45) is 2.18. The molecule has 27 heavy (non-hydrogen) atoms. The van der Waals surface area contributed by atoms with E-state index in [-0.39, 0.29) is 23.4 Å². The summed E-state index contributed by atoms with van der Waals surface area (Å²) in [6, 6.07) is 4.82. The number of benzene rings is 1. The van der Waals surface area contributed by atoms with E-state index >= 15 is 0 Å². The summed E-state index contributed by atoms with van der Waals surface area (Å²) in [5.41, 5.74) is -0.795. The van der Waals surface area contributed by atoms with Gasteiger partial charge in [-0.25, -0.2) is 0 Å². The number of halogens is 1. The van der Waals surface area contributed by atoms with E-state index < -0.39 is 17.4 Å². The number of rotatable bonds is 1. The fourth-order valence-corrected chi connectivity index (χ4v) is 4.31. The van der Waals surface area contributed by atoms with E-state index in [1.54, 1.807) is 18.2 Å². The van der Waals surface area contributed by atoms with Crippen molar-refractivity contribution in [2.24, 2.45) is 5.41 Å². The monoisotopic (exact) mass is 389 g/mol. The topological polar surface area (TPSA) is 102 Å². The number of carbonyl (C=O) groups excluding carboxylic acids is 2. The van der Waals surface area contributed by atoms with Crippen molar-refractivity contribution in [3.05, 3.63) is 45.2 Å². The van der Waals surface area contributed by atoms with Gasteiger partial charge in [0.05, 0.1) is 17.0 Å². The molecule has 0 unspecified atom stereocenters. The molecular weight excluding hydrogens is 370 g/mol. The summed E-state index contributed by atoms with van der Waals surface area (Å²) in [5.74, 6) is -0.654. The normalized spacial score (nSPS) is 25.6. The second kappa shape index (κ2) is 6.65. The lowest BCUT2D eigenvalue weighted by molar-refractivity contribution is -0.147. The third-order valence-corrected chi connectivity index (χ3v) is 5.92. The minimum Gasteiger partial charge on any atom is -0.392 e. The van der Waals surface area contributed by atoms with Gasteiger partial charge in [0.15, 0.2) is 0 Å². The average Bonchev–Trinajstić information content (AvgIpc) is 2.66. The molecule has 7 nitrogen and oxygen atoms in total. The maximum Gasteiger partial charge on any atom is 0.259 e. The molecule has 8 heteroatoms. The van der Waals surface area contributed by atoms with E-state index in [4.69, 9.17) is 11.6 Å². The molecule has 3 N–H and O–H groups in total. The van der Waals surface area contributed by atoms with E-state index in [0.29, 0.717) is 41.9 Å². The Labute approximate surface area is 160 Å². The van der Waals surface area contributed by atoms with Crippen molar-refractivity contribution >= 4 is 34.3 Å². The Morgan fingerprint density at radius 3 is 2.93 bits per heavy atom. The molecule has 2 amide bonds. The number of likely N-dealkylation sites (tertiary alicyclic amines) is 1. The standard InChI is InChI=1S/C19H20ClN3O4/c20-11-2-3-12-14(8-11)22-9-13(16(12)25)17(26)23-7-4-15(24)19(10-23)5-1-6-21-18(19)27/h2-3,8-9,15,24H,1,4-7,10H2,(H,21,27)(H,22,25)/t15-,19-/m1/s1. The summed E-state index contributed by atoms with van der Waals surface area (Å²) in [5, 5.41) is 14.1. The molecule has 0 radical (unpaired) electrons. The number of aliphatic hydroxyl groups excluding tert-OH is 1. The van der Waals surface area contributed by atoms with Crippen LogP contribution in [-0.2, 0) is 4.79 Å². The summed E-state index contributed by atoms with van der Waals surface area (Å²) < 4.78 is 0. The maximum atomic E-state index is 13.0. The minimum atomic E-state index is -0.997. The highest BCUT2D eigenvalue weighted by Crippen LogP contribution is 2.37. The molecule has 3 heterocycles. The van der Waals surface area contributed by atoms with Gasteiger partial charge in [0, 0.05) is 36.2 Å². The van der Waals surface area contributed by atoms with E-state index in [0.717, 1.165) is 6.42 Å². The van der Waals surface area contributed by atoms with Crippen LogP contribution in [0.25, 0.3) is 10.9 Å². The number of piperidine rings is 2. The van der Waals surface area contributed by atoms with Crippen LogP contribution in [-0.4, -0.2) is 52.5 Å². The molecule has 2 fully saturated rings. The highest BCUT2D eigenvalue weighted by atomic mass is 35.5. The van der Waals surface area contributed by atoms with Crippen molar-refractivity contribution in [3.63, 3.8) is 0 Å². The van der Waals surface area contributed by atoms with Gasteiger partial charge >= 0.3 is 0 Å². The molecule has 0 aliphatic carbocycles. The first-order valence-electron chi connectivity index (χ1n) is 8.99. The number of pyridine rings is 1. The number of aromatic nitrogens is 1.